The number of rotatable bonds is 7. The van der Waals surface area contributed by atoms with Gasteiger partial charge >= 0.3 is 0 Å². The number of hydrogen-bond donors (Lipinski definition) is 1. The lowest BCUT2D eigenvalue weighted by atomic mass is 10.2. The second-order valence-electron chi connectivity index (χ2n) is 6.69. The zero-order chi connectivity index (χ0) is 21.7. The summed E-state index contributed by atoms with van der Waals surface area (Å²) in [7, 11) is -0.821. The predicted octanol–water partition coefficient (Wildman–Crippen LogP) is 3.15. The summed E-state index contributed by atoms with van der Waals surface area (Å²) in [5.74, 6) is 0.0322. The molecule has 1 aromatic heterocycles. The summed E-state index contributed by atoms with van der Waals surface area (Å²) in [6.07, 6.45) is 1.60. The fraction of sp³-hybridized carbons (Fsp3) is 0.182. The average Bonchev–Trinajstić information content (AvgIpc) is 2.77. The largest absolute Gasteiger partial charge is 0.481 e. The molecule has 30 heavy (non-hydrogen) atoms. The number of aromatic nitrogens is 1. The molecule has 0 bridgehead atoms. The number of aryl methyl sites for hydroxylation is 1. The van der Waals surface area contributed by atoms with Crippen molar-refractivity contribution in [2.24, 2.45) is 0 Å². The topological polar surface area (TPSA) is 88.6 Å². The maximum Gasteiger partial charge on any atom is 0.264 e. The highest BCUT2D eigenvalue weighted by Crippen LogP contribution is 2.23. The molecule has 0 fully saturated rings. The molecule has 0 radical (unpaired) electrons. The van der Waals surface area contributed by atoms with E-state index in [4.69, 9.17) is 4.74 Å². The molecule has 3 aromatic rings. The van der Waals surface area contributed by atoms with Gasteiger partial charge in [-0.25, -0.2) is 13.4 Å². The zero-order valence-electron chi connectivity index (χ0n) is 17.0. The molecular weight excluding hydrogens is 402 g/mol. The van der Waals surface area contributed by atoms with Crippen LogP contribution in [-0.4, -0.2) is 33.5 Å². The Bertz CT molecular complexity index is 1150. The van der Waals surface area contributed by atoms with E-state index in [1.54, 1.807) is 42.6 Å². The summed E-state index contributed by atoms with van der Waals surface area (Å²) in [6, 6.07) is 16.7. The van der Waals surface area contributed by atoms with E-state index in [0.717, 1.165) is 11.1 Å². The number of amides is 1. The van der Waals surface area contributed by atoms with Crippen LogP contribution >= 0.6 is 0 Å². The van der Waals surface area contributed by atoms with Gasteiger partial charge < -0.3 is 10.1 Å². The molecule has 0 saturated heterocycles. The standard InChI is InChI=1S/C22H23N3O4S/c1-16-9-11-19(12-10-16)25(2)30(27,28)20-8-4-6-17(14-20)21(26)24-15-18-7-5-13-23-22(18)29-3/h4-14H,15H2,1-3H3,(H,24,26). The van der Waals surface area contributed by atoms with E-state index >= 15 is 0 Å². The van der Waals surface area contributed by atoms with Gasteiger partial charge in [0, 0.05) is 30.9 Å². The van der Waals surface area contributed by atoms with Gasteiger partial charge in [-0.05, 0) is 43.3 Å². The highest BCUT2D eigenvalue weighted by atomic mass is 32.2. The summed E-state index contributed by atoms with van der Waals surface area (Å²) >= 11 is 0. The summed E-state index contributed by atoms with van der Waals surface area (Å²) in [4.78, 5) is 16.7. The van der Waals surface area contributed by atoms with Crippen molar-refractivity contribution in [2.45, 2.75) is 18.4 Å². The SMILES string of the molecule is COc1ncccc1CNC(=O)c1cccc(S(=O)(=O)N(C)c2ccc(C)cc2)c1. The van der Waals surface area contributed by atoms with E-state index in [1.165, 1.54) is 30.6 Å². The number of ether oxygens (including phenoxy) is 1. The minimum Gasteiger partial charge on any atom is -0.481 e. The molecule has 156 valence electrons. The van der Waals surface area contributed by atoms with Crippen molar-refractivity contribution < 1.29 is 17.9 Å². The highest BCUT2D eigenvalue weighted by Gasteiger charge is 2.22. The van der Waals surface area contributed by atoms with Crippen LogP contribution in [-0.2, 0) is 16.6 Å². The Morgan fingerprint density at radius 2 is 1.83 bits per heavy atom. The van der Waals surface area contributed by atoms with Gasteiger partial charge in [0.1, 0.15) is 0 Å². The number of anilines is 1. The number of benzene rings is 2. The number of hydrogen-bond acceptors (Lipinski definition) is 5. The molecule has 1 amide bonds. The molecule has 0 unspecified atom stereocenters. The van der Waals surface area contributed by atoms with Crippen LogP contribution < -0.4 is 14.4 Å². The Hall–Kier alpha value is -3.39. The first-order chi connectivity index (χ1) is 14.3. The smallest absolute Gasteiger partial charge is 0.264 e. The molecule has 7 nitrogen and oxygen atoms in total. The van der Waals surface area contributed by atoms with Crippen LogP contribution in [0.1, 0.15) is 21.5 Å². The van der Waals surface area contributed by atoms with Gasteiger partial charge in [-0.15, -0.1) is 0 Å². The van der Waals surface area contributed by atoms with E-state index in [9.17, 15) is 13.2 Å². The molecule has 0 spiro atoms. The van der Waals surface area contributed by atoms with E-state index in [2.05, 4.69) is 10.3 Å². The maximum absolute atomic E-state index is 13.0. The molecule has 0 atom stereocenters. The minimum atomic E-state index is -3.82. The summed E-state index contributed by atoms with van der Waals surface area (Å²) in [5, 5.41) is 2.77. The number of carbonyl (C=O) groups excluding carboxylic acids is 1. The lowest BCUT2D eigenvalue weighted by Gasteiger charge is -2.20. The van der Waals surface area contributed by atoms with Gasteiger partial charge in [-0.1, -0.05) is 29.8 Å². The first kappa shape index (κ1) is 21.3. The lowest BCUT2D eigenvalue weighted by Crippen LogP contribution is -2.27. The zero-order valence-corrected chi connectivity index (χ0v) is 17.8. The monoisotopic (exact) mass is 425 g/mol. The van der Waals surface area contributed by atoms with Crippen molar-refractivity contribution >= 4 is 21.6 Å². The quantitative estimate of drug-likeness (QED) is 0.628. The van der Waals surface area contributed by atoms with Crippen LogP contribution in [0.5, 0.6) is 5.88 Å². The molecule has 1 N–H and O–H groups in total. The lowest BCUT2D eigenvalue weighted by molar-refractivity contribution is 0.0950. The molecule has 3 rings (SSSR count). The van der Waals surface area contributed by atoms with Crippen molar-refractivity contribution in [3.63, 3.8) is 0 Å². The van der Waals surface area contributed by atoms with E-state index in [1.807, 2.05) is 19.1 Å². The van der Waals surface area contributed by atoms with Crippen LogP contribution in [0.2, 0.25) is 0 Å². The van der Waals surface area contributed by atoms with Crippen molar-refractivity contribution in [2.75, 3.05) is 18.5 Å². The van der Waals surface area contributed by atoms with Gasteiger partial charge in [0.15, 0.2) is 0 Å². The number of nitrogens with zero attached hydrogens (tertiary/aromatic N) is 2. The second-order valence-corrected chi connectivity index (χ2v) is 8.66. The Morgan fingerprint density at radius 3 is 2.53 bits per heavy atom. The summed E-state index contributed by atoms with van der Waals surface area (Å²) in [6.45, 7) is 2.14. The fourth-order valence-corrected chi connectivity index (χ4v) is 4.11. The number of pyridine rings is 1. The van der Waals surface area contributed by atoms with E-state index < -0.39 is 15.9 Å². The molecule has 0 aliphatic rings. The van der Waals surface area contributed by atoms with E-state index in [0.29, 0.717) is 11.6 Å². The molecule has 0 aliphatic carbocycles. The van der Waals surface area contributed by atoms with Crippen molar-refractivity contribution in [1.29, 1.82) is 0 Å². The third-order valence-electron chi connectivity index (χ3n) is 4.63. The highest BCUT2D eigenvalue weighted by molar-refractivity contribution is 7.92. The van der Waals surface area contributed by atoms with Crippen molar-refractivity contribution in [3.05, 3.63) is 83.6 Å². The van der Waals surface area contributed by atoms with Gasteiger partial charge in [-0.2, -0.15) is 0 Å². The third-order valence-corrected chi connectivity index (χ3v) is 6.42. The predicted molar refractivity (Wildman–Crippen MR) is 115 cm³/mol. The number of nitrogens with one attached hydrogen (secondary N) is 1. The summed E-state index contributed by atoms with van der Waals surface area (Å²) < 4.78 is 32.4. The first-order valence-corrected chi connectivity index (χ1v) is 10.7. The second kappa shape index (κ2) is 8.96. The van der Waals surface area contributed by atoms with Crippen LogP contribution in [0, 0.1) is 6.92 Å². The normalized spacial score (nSPS) is 11.0. The van der Waals surface area contributed by atoms with Crippen LogP contribution in [0.15, 0.2) is 71.8 Å². The maximum atomic E-state index is 13.0. The van der Waals surface area contributed by atoms with Crippen molar-refractivity contribution in [3.8, 4) is 5.88 Å². The van der Waals surface area contributed by atoms with Crippen LogP contribution in [0.4, 0.5) is 5.69 Å². The fourth-order valence-electron chi connectivity index (χ4n) is 2.87. The molecular formula is C22H23N3O4S. The van der Waals surface area contributed by atoms with Crippen molar-refractivity contribution in [1.82, 2.24) is 10.3 Å². The molecule has 0 aliphatic heterocycles. The number of methoxy groups -OCH3 is 1. The van der Waals surface area contributed by atoms with Crippen LogP contribution in [0.25, 0.3) is 0 Å². The molecule has 2 aromatic carbocycles. The van der Waals surface area contributed by atoms with Gasteiger partial charge in [0.25, 0.3) is 15.9 Å². The van der Waals surface area contributed by atoms with Gasteiger partial charge in [0.05, 0.1) is 17.7 Å². The average molecular weight is 426 g/mol. The summed E-state index contributed by atoms with van der Waals surface area (Å²) in [5.41, 5.74) is 2.54. The number of sulfonamides is 1. The Labute approximate surface area is 176 Å². The minimum absolute atomic E-state index is 0.0391. The molecule has 8 heteroatoms. The third kappa shape index (κ3) is 4.60. The molecule has 0 saturated carbocycles. The van der Waals surface area contributed by atoms with Gasteiger partial charge in [-0.3, -0.25) is 9.10 Å². The Kier molecular flexibility index (Phi) is 6.37. The Morgan fingerprint density at radius 1 is 1.10 bits per heavy atom. The van der Waals surface area contributed by atoms with E-state index in [-0.39, 0.29) is 17.0 Å². The molecule has 1 heterocycles. The van der Waals surface area contributed by atoms with Crippen LogP contribution in [0.3, 0.4) is 0 Å². The first-order valence-electron chi connectivity index (χ1n) is 9.24. The number of carbonyl (C=O) groups is 1. The van der Waals surface area contributed by atoms with Gasteiger partial charge in [0.2, 0.25) is 5.88 Å². The Balaban J connectivity index is 1.79.